The van der Waals surface area contributed by atoms with Gasteiger partial charge in [-0.2, -0.15) is 0 Å². The quantitative estimate of drug-likeness (QED) is 0.344. The number of nitrogens with zero attached hydrogens (tertiary/aromatic N) is 1. The molecule has 0 aromatic heterocycles. The first-order valence-electron chi connectivity index (χ1n) is 11.3. The van der Waals surface area contributed by atoms with E-state index in [2.05, 4.69) is 5.32 Å². The van der Waals surface area contributed by atoms with E-state index in [1.165, 1.54) is 26.4 Å². The van der Waals surface area contributed by atoms with E-state index in [4.69, 9.17) is 18.9 Å². The second kappa shape index (κ2) is 10.1. The van der Waals surface area contributed by atoms with E-state index in [-0.39, 0.29) is 23.4 Å². The molecule has 2 aliphatic rings. The van der Waals surface area contributed by atoms with E-state index >= 15 is 0 Å². The van der Waals surface area contributed by atoms with Crippen molar-refractivity contribution >= 4 is 17.6 Å². The summed E-state index contributed by atoms with van der Waals surface area (Å²) in [6.07, 6.45) is -0.272. The number of allylic oxidation sites excluding steroid dienone is 1. The summed E-state index contributed by atoms with van der Waals surface area (Å²) in [5.74, 6) is -0.921. The van der Waals surface area contributed by atoms with Crippen LogP contribution in [0.25, 0.3) is 0 Å². The molecule has 0 amide bonds. The van der Waals surface area contributed by atoms with Gasteiger partial charge in [-0.3, -0.25) is 10.1 Å². The molecule has 188 valence electrons. The highest BCUT2D eigenvalue weighted by molar-refractivity contribution is 6.00. The van der Waals surface area contributed by atoms with Crippen molar-refractivity contribution < 1.29 is 33.5 Å². The molecule has 10 heteroatoms. The number of ether oxygens (including phenoxy) is 4. The van der Waals surface area contributed by atoms with Crippen LogP contribution in [-0.4, -0.2) is 37.7 Å². The molecule has 0 fully saturated rings. The minimum absolute atomic E-state index is 0.0972. The number of carbonyl (C=O) groups is 2. The van der Waals surface area contributed by atoms with E-state index in [1.807, 2.05) is 0 Å². The van der Waals surface area contributed by atoms with Crippen molar-refractivity contribution in [3.8, 4) is 11.5 Å². The van der Waals surface area contributed by atoms with Crippen LogP contribution in [0, 0.1) is 10.1 Å². The molecule has 2 aromatic carbocycles. The Morgan fingerprint density at radius 3 is 2.39 bits per heavy atom. The maximum atomic E-state index is 13.4. The number of benzene rings is 2. The summed E-state index contributed by atoms with van der Waals surface area (Å²) in [6.45, 7) is 3.58. The third-order valence-corrected chi connectivity index (χ3v) is 6.22. The van der Waals surface area contributed by atoms with Gasteiger partial charge in [-0.1, -0.05) is 18.2 Å². The monoisotopic (exact) mass is 494 g/mol. The van der Waals surface area contributed by atoms with E-state index in [0.29, 0.717) is 34.9 Å². The molecular formula is C26H26N2O8. The van der Waals surface area contributed by atoms with Crippen LogP contribution < -0.4 is 14.8 Å². The molecule has 4 rings (SSSR count). The summed E-state index contributed by atoms with van der Waals surface area (Å²) >= 11 is 0. The number of methoxy groups -OCH3 is 2. The Morgan fingerprint density at radius 1 is 1.11 bits per heavy atom. The summed E-state index contributed by atoms with van der Waals surface area (Å²) < 4.78 is 21.8. The van der Waals surface area contributed by atoms with Gasteiger partial charge in [0.2, 0.25) is 0 Å². The molecule has 0 bridgehead atoms. The van der Waals surface area contributed by atoms with Crippen LogP contribution in [0.5, 0.6) is 11.5 Å². The van der Waals surface area contributed by atoms with Crippen molar-refractivity contribution in [1.82, 2.24) is 5.32 Å². The normalized spacial score (nSPS) is 19.2. The molecule has 2 aromatic rings. The highest BCUT2D eigenvalue weighted by Crippen LogP contribution is 2.45. The first-order valence-corrected chi connectivity index (χ1v) is 11.3. The Labute approximate surface area is 207 Å². The largest absolute Gasteiger partial charge is 0.493 e. The number of carbonyl (C=O) groups excluding carboxylic acids is 2. The molecule has 0 saturated carbocycles. The van der Waals surface area contributed by atoms with Crippen molar-refractivity contribution in [1.29, 1.82) is 0 Å². The van der Waals surface area contributed by atoms with Crippen LogP contribution in [-0.2, 0) is 19.1 Å². The molecule has 0 saturated heterocycles. The van der Waals surface area contributed by atoms with Gasteiger partial charge >= 0.3 is 11.9 Å². The van der Waals surface area contributed by atoms with Crippen molar-refractivity contribution in [2.75, 3.05) is 20.8 Å². The minimum atomic E-state index is -0.806. The first kappa shape index (κ1) is 24.8. The maximum Gasteiger partial charge on any atom is 0.337 e. The zero-order valence-corrected chi connectivity index (χ0v) is 20.3. The van der Waals surface area contributed by atoms with E-state index < -0.39 is 28.9 Å². The minimum Gasteiger partial charge on any atom is -0.493 e. The smallest absolute Gasteiger partial charge is 0.337 e. The number of rotatable bonds is 7. The molecule has 10 nitrogen and oxygen atoms in total. The molecule has 2 heterocycles. The molecule has 0 radical (unpaired) electrons. The fraction of sp³-hybridized carbons (Fsp3) is 0.308. The van der Waals surface area contributed by atoms with Gasteiger partial charge in [0.05, 0.1) is 42.8 Å². The second-order valence-corrected chi connectivity index (χ2v) is 8.27. The summed E-state index contributed by atoms with van der Waals surface area (Å²) in [5, 5.41) is 14.4. The first-order chi connectivity index (χ1) is 17.3. The SMILES string of the molecule is CCOC(=O)C1=C(C)NC2=C(C(=O)OC(c3ccc(OC)c(OC)c3)C2)C1c1ccc([N+](=O)[O-])cc1. The third-order valence-electron chi connectivity index (χ3n) is 6.22. The molecular weight excluding hydrogens is 468 g/mol. The number of cyclic esters (lactones) is 1. The highest BCUT2D eigenvalue weighted by Gasteiger charge is 2.43. The van der Waals surface area contributed by atoms with Crippen LogP contribution in [0.15, 0.2) is 65.0 Å². The second-order valence-electron chi connectivity index (χ2n) is 8.27. The average molecular weight is 495 g/mol. The lowest BCUT2D eigenvalue weighted by Gasteiger charge is -2.36. The van der Waals surface area contributed by atoms with Gasteiger partial charge < -0.3 is 24.3 Å². The number of nitro benzene ring substituents is 1. The van der Waals surface area contributed by atoms with Crippen molar-refractivity contribution in [3.05, 3.63) is 86.2 Å². The van der Waals surface area contributed by atoms with Gasteiger partial charge in [0.15, 0.2) is 11.5 Å². The number of nitrogens with one attached hydrogen (secondary N) is 1. The zero-order chi connectivity index (χ0) is 26.0. The lowest BCUT2D eigenvalue weighted by atomic mass is 9.78. The Balaban J connectivity index is 1.77. The number of hydrogen-bond acceptors (Lipinski definition) is 9. The topological polar surface area (TPSA) is 126 Å². The Bertz CT molecular complexity index is 1280. The van der Waals surface area contributed by atoms with Gasteiger partial charge in [0, 0.05) is 29.9 Å². The van der Waals surface area contributed by atoms with E-state index in [9.17, 15) is 19.7 Å². The standard InChI is InChI=1S/C26H26N2O8/c1-5-35-25(29)22-14(2)27-18-13-20(16-8-11-19(33-3)21(12-16)34-4)36-26(30)24(18)23(22)15-6-9-17(10-7-15)28(31)32/h6-12,20,23,27H,5,13H2,1-4H3. The van der Waals surface area contributed by atoms with Gasteiger partial charge in [0.1, 0.15) is 6.10 Å². The summed E-state index contributed by atoms with van der Waals surface area (Å²) in [6, 6.07) is 11.1. The van der Waals surface area contributed by atoms with Gasteiger partial charge in [0.25, 0.3) is 5.69 Å². The Kier molecular flexibility index (Phi) is 6.96. The number of dihydropyridines is 1. The number of nitro groups is 1. The lowest BCUT2D eigenvalue weighted by Crippen LogP contribution is -2.37. The molecule has 2 aliphatic heterocycles. The van der Waals surface area contributed by atoms with Crippen molar-refractivity contribution in [3.63, 3.8) is 0 Å². The lowest BCUT2D eigenvalue weighted by molar-refractivity contribution is -0.384. The van der Waals surface area contributed by atoms with E-state index in [1.54, 1.807) is 44.2 Å². The molecule has 2 unspecified atom stereocenters. The fourth-order valence-corrected chi connectivity index (χ4v) is 4.56. The number of esters is 2. The Hall–Kier alpha value is -4.34. The Morgan fingerprint density at radius 2 is 1.78 bits per heavy atom. The molecule has 0 aliphatic carbocycles. The fourth-order valence-electron chi connectivity index (χ4n) is 4.56. The van der Waals surface area contributed by atoms with Crippen LogP contribution in [0.2, 0.25) is 0 Å². The van der Waals surface area contributed by atoms with Crippen LogP contribution >= 0.6 is 0 Å². The molecule has 0 spiro atoms. The number of non-ortho nitro benzene ring substituents is 1. The van der Waals surface area contributed by atoms with Crippen LogP contribution in [0.3, 0.4) is 0 Å². The summed E-state index contributed by atoms with van der Waals surface area (Å²) in [5.41, 5.74) is 2.84. The predicted octanol–water partition coefficient (Wildman–Crippen LogP) is 4.08. The van der Waals surface area contributed by atoms with Crippen molar-refractivity contribution in [2.24, 2.45) is 0 Å². The molecule has 36 heavy (non-hydrogen) atoms. The maximum absolute atomic E-state index is 13.4. The van der Waals surface area contributed by atoms with Crippen LogP contribution in [0.4, 0.5) is 5.69 Å². The van der Waals surface area contributed by atoms with E-state index in [0.717, 1.165) is 5.56 Å². The van der Waals surface area contributed by atoms with Gasteiger partial charge in [-0.05, 0) is 37.1 Å². The highest BCUT2D eigenvalue weighted by atomic mass is 16.6. The zero-order valence-electron chi connectivity index (χ0n) is 20.3. The average Bonchev–Trinajstić information content (AvgIpc) is 2.87. The van der Waals surface area contributed by atoms with Crippen LogP contribution in [0.1, 0.15) is 43.4 Å². The van der Waals surface area contributed by atoms with Gasteiger partial charge in [-0.25, -0.2) is 9.59 Å². The van der Waals surface area contributed by atoms with Crippen molar-refractivity contribution in [2.45, 2.75) is 32.3 Å². The molecule has 2 atom stereocenters. The molecule has 1 N–H and O–H groups in total. The van der Waals surface area contributed by atoms with Gasteiger partial charge in [-0.15, -0.1) is 0 Å². The third kappa shape index (κ3) is 4.49. The predicted molar refractivity (Wildman–Crippen MR) is 128 cm³/mol. The summed E-state index contributed by atoms with van der Waals surface area (Å²) in [7, 11) is 3.06. The summed E-state index contributed by atoms with van der Waals surface area (Å²) in [4.78, 5) is 37.0. The number of hydrogen-bond donors (Lipinski definition) is 1.